The predicted octanol–water partition coefficient (Wildman–Crippen LogP) is 5.14. The molecule has 152 valence electrons. The number of carbonyl (C=O) groups excluding carboxylic acids is 1. The first-order chi connectivity index (χ1) is 14.0. The molecular formula is C22H24Cl2N4O. The van der Waals surface area contributed by atoms with Gasteiger partial charge in [0, 0.05) is 48.7 Å². The number of aryl methyl sites for hydroxylation is 1. The number of nitrogens with zero attached hydrogens (tertiary/aromatic N) is 4. The van der Waals surface area contributed by atoms with E-state index in [1.165, 1.54) is 0 Å². The van der Waals surface area contributed by atoms with Gasteiger partial charge in [0.05, 0.1) is 16.7 Å². The highest BCUT2D eigenvalue weighted by Gasteiger charge is 2.33. The fraction of sp³-hybridized carbons (Fsp3) is 0.364. The molecule has 2 heterocycles. The number of halogens is 2. The van der Waals surface area contributed by atoms with Crippen molar-refractivity contribution < 1.29 is 4.79 Å². The van der Waals surface area contributed by atoms with Gasteiger partial charge in [0.2, 0.25) is 5.91 Å². The normalized spacial score (nSPS) is 16.8. The van der Waals surface area contributed by atoms with Crippen LogP contribution in [0.25, 0.3) is 11.0 Å². The molecule has 0 saturated carbocycles. The molecule has 1 amide bonds. The molecule has 0 aliphatic carbocycles. The molecule has 0 spiro atoms. The Morgan fingerprint density at radius 1 is 1.17 bits per heavy atom. The minimum Gasteiger partial charge on any atom is -0.370 e. The number of hydrogen-bond donors (Lipinski definition) is 0. The van der Waals surface area contributed by atoms with Crippen molar-refractivity contribution in [1.29, 1.82) is 0 Å². The third-order valence-corrected chi connectivity index (χ3v) is 6.27. The zero-order valence-corrected chi connectivity index (χ0v) is 18.3. The van der Waals surface area contributed by atoms with Crippen molar-refractivity contribution >= 4 is 45.8 Å². The molecule has 1 atom stereocenters. The van der Waals surface area contributed by atoms with E-state index in [1.54, 1.807) is 17.0 Å². The summed E-state index contributed by atoms with van der Waals surface area (Å²) < 4.78 is 2.19. The highest BCUT2D eigenvalue weighted by atomic mass is 35.5. The van der Waals surface area contributed by atoms with Crippen molar-refractivity contribution in [1.82, 2.24) is 14.5 Å². The number of carbonyl (C=O) groups is 1. The molecule has 29 heavy (non-hydrogen) atoms. The van der Waals surface area contributed by atoms with Gasteiger partial charge in [-0.1, -0.05) is 35.3 Å². The summed E-state index contributed by atoms with van der Waals surface area (Å²) in [4.78, 5) is 21.9. The first-order valence-electron chi connectivity index (χ1n) is 9.90. The number of rotatable bonds is 4. The minimum absolute atomic E-state index is 0.0694. The predicted molar refractivity (Wildman–Crippen MR) is 119 cm³/mol. The summed E-state index contributed by atoms with van der Waals surface area (Å²) in [7, 11) is 1.82. The molecule has 2 aromatic carbocycles. The number of fused-ring (bicyclic) bond motifs is 3. The zero-order valence-electron chi connectivity index (χ0n) is 16.8. The van der Waals surface area contributed by atoms with Crippen molar-refractivity contribution in [3.05, 3.63) is 57.8 Å². The molecule has 0 bridgehead atoms. The van der Waals surface area contributed by atoms with E-state index in [4.69, 9.17) is 28.2 Å². The minimum atomic E-state index is -0.369. The Labute approximate surface area is 180 Å². The number of hydrogen-bond acceptors (Lipinski definition) is 3. The highest BCUT2D eigenvalue weighted by Crippen LogP contribution is 2.39. The summed E-state index contributed by atoms with van der Waals surface area (Å²) in [5, 5.41) is 1.10. The molecule has 7 heteroatoms. The lowest BCUT2D eigenvalue weighted by Crippen LogP contribution is -2.31. The lowest BCUT2D eigenvalue weighted by molar-refractivity contribution is -0.131. The Hall–Kier alpha value is -2.24. The van der Waals surface area contributed by atoms with Crippen LogP contribution in [0.5, 0.6) is 0 Å². The van der Waals surface area contributed by atoms with Crippen LogP contribution in [0.2, 0.25) is 10.0 Å². The van der Waals surface area contributed by atoms with E-state index in [2.05, 4.69) is 29.4 Å². The Morgan fingerprint density at radius 2 is 1.93 bits per heavy atom. The van der Waals surface area contributed by atoms with Crippen LogP contribution in [0.15, 0.2) is 36.4 Å². The standard InChI is InChI=1S/C22H24Cl2N4O/c1-4-27(5-2)18-8-6-7-17-21(18)28-12-11-19(29)26(3)20(22(28)25-17)15-10-9-14(23)13-16(15)24/h6-10,13,20H,4-5,11-12H2,1-3H3. The van der Waals surface area contributed by atoms with Gasteiger partial charge in [-0.2, -0.15) is 0 Å². The Kier molecular flexibility index (Phi) is 5.45. The van der Waals surface area contributed by atoms with Gasteiger partial charge in [-0.25, -0.2) is 4.98 Å². The van der Waals surface area contributed by atoms with Gasteiger partial charge in [0.25, 0.3) is 0 Å². The van der Waals surface area contributed by atoms with E-state index >= 15 is 0 Å². The van der Waals surface area contributed by atoms with E-state index in [0.717, 1.165) is 41.2 Å². The number of aromatic nitrogens is 2. The van der Waals surface area contributed by atoms with E-state index in [-0.39, 0.29) is 11.9 Å². The van der Waals surface area contributed by atoms with Crippen LogP contribution in [0.3, 0.4) is 0 Å². The molecule has 5 nitrogen and oxygen atoms in total. The quantitative estimate of drug-likeness (QED) is 0.575. The average Bonchev–Trinajstić information content (AvgIpc) is 3.02. The van der Waals surface area contributed by atoms with Crippen LogP contribution in [-0.4, -0.2) is 40.5 Å². The smallest absolute Gasteiger partial charge is 0.224 e. The maximum absolute atomic E-state index is 12.8. The molecule has 3 aromatic rings. The second-order valence-electron chi connectivity index (χ2n) is 7.26. The second-order valence-corrected chi connectivity index (χ2v) is 8.11. The summed E-state index contributed by atoms with van der Waals surface area (Å²) in [6.45, 7) is 6.70. The number of imidazole rings is 1. The summed E-state index contributed by atoms with van der Waals surface area (Å²) in [5.74, 6) is 0.900. The fourth-order valence-electron chi connectivity index (χ4n) is 4.21. The van der Waals surface area contributed by atoms with Crippen molar-refractivity contribution in [2.45, 2.75) is 32.9 Å². The SMILES string of the molecule is CCN(CC)c1cccc2nc3n(c12)CCC(=O)N(C)C3c1ccc(Cl)cc1Cl. The number of anilines is 1. The summed E-state index contributed by atoms with van der Waals surface area (Å²) in [5.41, 5.74) is 3.98. The molecule has 1 aliphatic heterocycles. The fourth-order valence-corrected chi connectivity index (χ4v) is 4.72. The van der Waals surface area contributed by atoms with Crippen molar-refractivity contribution in [2.24, 2.45) is 0 Å². The van der Waals surface area contributed by atoms with Gasteiger partial charge in [-0.15, -0.1) is 0 Å². The van der Waals surface area contributed by atoms with Gasteiger partial charge in [-0.05, 0) is 38.1 Å². The Morgan fingerprint density at radius 3 is 2.62 bits per heavy atom. The first-order valence-corrected chi connectivity index (χ1v) is 10.7. The Balaban J connectivity index is 1.99. The lowest BCUT2D eigenvalue weighted by Gasteiger charge is -2.27. The zero-order chi connectivity index (χ0) is 20.7. The van der Waals surface area contributed by atoms with Crippen LogP contribution >= 0.6 is 23.2 Å². The number of para-hydroxylation sites is 1. The first kappa shape index (κ1) is 20.0. The van der Waals surface area contributed by atoms with Crippen molar-refractivity contribution in [2.75, 3.05) is 25.0 Å². The monoisotopic (exact) mass is 430 g/mol. The molecule has 0 fully saturated rings. The van der Waals surface area contributed by atoms with Gasteiger partial charge >= 0.3 is 0 Å². The molecule has 0 radical (unpaired) electrons. The molecule has 1 aromatic heterocycles. The number of amides is 1. The molecular weight excluding hydrogens is 407 g/mol. The summed E-state index contributed by atoms with van der Waals surface area (Å²) in [6.07, 6.45) is 0.420. The maximum Gasteiger partial charge on any atom is 0.224 e. The Bertz CT molecular complexity index is 1070. The molecule has 1 aliphatic rings. The van der Waals surface area contributed by atoms with Crippen LogP contribution < -0.4 is 4.90 Å². The van der Waals surface area contributed by atoms with Gasteiger partial charge in [0.1, 0.15) is 11.9 Å². The average molecular weight is 431 g/mol. The number of benzene rings is 2. The summed E-state index contributed by atoms with van der Waals surface area (Å²) in [6, 6.07) is 11.3. The van der Waals surface area contributed by atoms with E-state index in [0.29, 0.717) is 23.0 Å². The van der Waals surface area contributed by atoms with Crippen LogP contribution in [0.1, 0.15) is 37.7 Å². The second kappa shape index (κ2) is 7.88. The van der Waals surface area contributed by atoms with E-state index in [9.17, 15) is 4.79 Å². The topological polar surface area (TPSA) is 41.4 Å². The molecule has 4 rings (SSSR count). The van der Waals surface area contributed by atoms with Gasteiger partial charge in [0.15, 0.2) is 0 Å². The third kappa shape index (κ3) is 3.36. The van der Waals surface area contributed by atoms with Gasteiger partial charge < -0.3 is 14.4 Å². The molecule has 0 N–H and O–H groups in total. The molecule has 0 saturated heterocycles. The largest absolute Gasteiger partial charge is 0.370 e. The van der Waals surface area contributed by atoms with E-state index in [1.807, 2.05) is 25.2 Å². The van der Waals surface area contributed by atoms with Crippen molar-refractivity contribution in [3.8, 4) is 0 Å². The summed E-state index contributed by atoms with van der Waals surface area (Å²) >= 11 is 12.7. The van der Waals surface area contributed by atoms with Crippen LogP contribution in [-0.2, 0) is 11.3 Å². The van der Waals surface area contributed by atoms with Crippen LogP contribution in [0, 0.1) is 0 Å². The third-order valence-electron chi connectivity index (χ3n) is 5.71. The lowest BCUT2D eigenvalue weighted by atomic mass is 10.0. The van der Waals surface area contributed by atoms with Gasteiger partial charge in [-0.3, -0.25) is 4.79 Å². The van der Waals surface area contributed by atoms with Crippen LogP contribution in [0.4, 0.5) is 5.69 Å². The van der Waals surface area contributed by atoms with Crippen molar-refractivity contribution in [3.63, 3.8) is 0 Å². The van der Waals surface area contributed by atoms with E-state index < -0.39 is 0 Å². The highest BCUT2D eigenvalue weighted by molar-refractivity contribution is 6.35. The molecule has 1 unspecified atom stereocenters. The maximum atomic E-state index is 12.8.